The van der Waals surface area contributed by atoms with Crippen molar-refractivity contribution in [1.82, 2.24) is 24.1 Å². The summed E-state index contributed by atoms with van der Waals surface area (Å²) in [6.45, 7) is 0. The summed E-state index contributed by atoms with van der Waals surface area (Å²) in [5.74, 6) is -0.226. The molecule has 0 unspecified atom stereocenters. The maximum absolute atomic E-state index is 12.7. The van der Waals surface area contributed by atoms with Gasteiger partial charge in [-0.2, -0.15) is 13.2 Å². The molecular weight excluding hydrogens is 337 g/mol. The molecule has 0 spiro atoms. The summed E-state index contributed by atoms with van der Waals surface area (Å²) in [5, 5.41) is 0. The molecule has 3 aromatic rings. The number of imidazole rings is 2. The highest BCUT2D eigenvalue weighted by molar-refractivity contribution is 6.04. The number of carbonyl (C=O) groups is 1. The van der Waals surface area contributed by atoms with Crippen molar-refractivity contribution in [3.63, 3.8) is 0 Å². The van der Waals surface area contributed by atoms with Gasteiger partial charge in [-0.05, 0) is 12.1 Å². The van der Waals surface area contributed by atoms with E-state index in [0.29, 0.717) is 5.69 Å². The Balaban J connectivity index is 1.91. The summed E-state index contributed by atoms with van der Waals surface area (Å²) in [6.07, 6.45) is 1.70. The van der Waals surface area contributed by atoms with Gasteiger partial charge in [-0.1, -0.05) is 0 Å². The van der Waals surface area contributed by atoms with Gasteiger partial charge < -0.3 is 9.47 Å². The Morgan fingerprint density at radius 1 is 1.24 bits per heavy atom. The highest BCUT2D eigenvalue weighted by Gasteiger charge is 2.34. The number of anilines is 1. The molecule has 0 aliphatic rings. The van der Waals surface area contributed by atoms with Crippen LogP contribution in [0.3, 0.4) is 0 Å². The normalized spacial score (nSPS) is 11.6. The van der Waals surface area contributed by atoms with Crippen LogP contribution in [0.4, 0.5) is 18.9 Å². The van der Waals surface area contributed by atoms with Gasteiger partial charge in [-0.25, -0.2) is 9.97 Å². The summed E-state index contributed by atoms with van der Waals surface area (Å²) in [4.78, 5) is 25.3. The Hall–Kier alpha value is -3.17. The Kier molecular flexibility index (Phi) is 4.03. The van der Waals surface area contributed by atoms with Gasteiger partial charge in [0.05, 0.1) is 18.1 Å². The third-order valence-electron chi connectivity index (χ3n) is 3.62. The standard InChI is InChI=1S/C15H13F3N6O/c1-22(10-4-3-5-19-6-10)13(25)11-7-20-14(23(11)2)24-8-12(21-9-24)15(16,17)18/h3-9H,1-2H3. The van der Waals surface area contributed by atoms with E-state index in [0.717, 1.165) is 17.1 Å². The number of aromatic nitrogens is 5. The number of carbonyl (C=O) groups excluding carboxylic acids is 1. The lowest BCUT2D eigenvalue weighted by atomic mass is 10.3. The first-order valence-corrected chi connectivity index (χ1v) is 7.10. The average molecular weight is 350 g/mol. The number of halogens is 3. The van der Waals surface area contributed by atoms with Crippen molar-refractivity contribution >= 4 is 11.6 Å². The molecule has 3 rings (SSSR count). The molecule has 0 N–H and O–H groups in total. The zero-order valence-electron chi connectivity index (χ0n) is 13.3. The van der Waals surface area contributed by atoms with Crippen LogP contribution in [0.15, 0.2) is 43.2 Å². The van der Waals surface area contributed by atoms with Crippen molar-refractivity contribution in [1.29, 1.82) is 0 Å². The fourth-order valence-corrected chi connectivity index (χ4v) is 2.26. The lowest BCUT2D eigenvalue weighted by molar-refractivity contribution is -0.140. The predicted molar refractivity (Wildman–Crippen MR) is 82.3 cm³/mol. The van der Waals surface area contributed by atoms with Gasteiger partial charge in [0.25, 0.3) is 5.91 Å². The topological polar surface area (TPSA) is 68.8 Å². The van der Waals surface area contributed by atoms with Gasteiger partial charge in [0.15, 0.2) is 5.69 Å². The van der Waals surface area contributed by atoms with Crippen molar-refractivity contribution in [2.45, 2.75) is 6.18 Å². The Bertz CT molecular complexity index is 900. The quantitative estimate of drug-likeness (QED) is 0.727. The van der Waals surface area contributed by atoms with Gasteiger partial charge in [-0.15, -0.1) is 0 Å². The molecular formula is C15H13F3N6O. The van der Waals surface area contributed by atoms with Gasteiger partial charge in [0.1, 0.15) is 12.0 Å². The fraction of sp³-hybridized carbons (Fsp3) is 0.200. The minimum atomic E-state index is -4.55. The SMILES string of the molecule is CN(C(=O)c1cnc(-n2cnc(C(F)(F)F)c2)n1C)c1cccnc1. The third-order valence-corrected chi connectivity index (χ3v) is 3.62. The Morgan fingerprint density at radius 3 is 2.60 bits per heavy atom. The molecule has 0 saturated heterocycles. The number of rotatable bonds is 3. The molecule has 0 aliphatic heterocycles. The number of amides is 1. The monoisotopic (exact) mass is 350 g/mol. The summed E-state index contributed by atoms with van der Waals surface area (Å²) >= 11 is 0. The van der Waals surface area contributed by atoms with E-state index in [2.05, 4.69) is 15.0 Å². The molecule has 0 aromatic carbocycles. The zero-order valence-corrected chi connectivity index (χ0v) is 13.3. The van der Waals surface area contributed by atoms with Crippen molar-refractivity contribution in [2.75, 3.05) is 11.9 Å². The van der Waals surface area contributed by atoms with Crippen LogP contribution < -0.4 is 4.90 Å². The maximum atomic E-state index is 12.7. The van der Waals surface area contributed by atoms with Gasteiger partial charge >= 0.3 is 6.18 Å². The van der Waals surface area contributed by atoms with Crippen LogP contribution in [-0.2, 0) is 13.2 Å². The van der Waals surface area contributed by atoms with Crippen LogP contribution in [0.2, 0.25) is 0 Å². The molecule has 10 heteroatoms. The molecule has 0 saturated carbocycles. The molecule has 0 fully saturated rings. The Labute approximate surface area is 140 Å². The third kappa shape index (κ3) is 3.10. The van der Waals surface area contributed by atoms with Crippen LogP contribution >= 0.6 is 0 Å². The highest BCUT2D eigenvalue weighted by Crippen LogP contribution is 2.28. The number of nitrogens with zero attached hydrogens (tertiary/aromatic N) is 6. The number of pyridine rings is 1. The van der Waals surface area contributed by atoms with E-state index in [9.17, 15) is 18.0 Å². The number of alkyl halides is 3. The summed E-state index contributed by atoms with van der Waals surface area (Å²) in [5.41, 5.74) is -0.239. The average Bonchev–Trinajstić information content (AvgIpc) is 3.20. The van der Waals surface area contributed by atoms with E-state index in [4.69, 9.17) is 0 Å². The molecule has 0 bridgehead atoms. The number of hydrogen-bond donors (Lipinski definition) is 0. The number of hydrogen-bond acceptors (Lipinski definition) is 4. The van der Waals surface area contributed by atoms with E-state index < -0.39 is 11.9 Å². The summed E-state index contributed by atoms with van der Waals surface area (Å²) in [7, 11) is 3.12. The molecule has 3 aromatic heterocycles. The van der Waals surface area contributed by atoms with Crippen LogP contribution in [0.5, 0.6) is 0 Å². The largest absolute Gasteiger partial charge is 0.434 e. The first-order valence-electron chi connectivity index (χ1n) is 7.10. The lowest BCUT2D eigenvalue weighted by Gasteiger charge is -2.17. The van der Waals surface area contributed by atoms with Crippen LogP contribution in [0.1, 0.15) is 16.2 Å². The molecule has 3 heterocycles. The lowest BCUT2D eigenvalue weighted by Crippen LogP contribution is -2.28. The summed E-state index contributed by atoms with van der Waals surface area (Å²) < 4.78 is 40.5. The second-order valence-corrected chi connectivity index (χ2v) is 5.24. The highest BCUT2D eigenvalue weighted by atomic mass is 19.4. The van der Waals surface area contributed by atoms with Crippen molar-refractivity contribution in [3.8, 4) is 5.95 Å². The summed E-state index contributed by atoms with van der Waals surface area (Å²) in [6, 6.07) is 3.41. The van der Waals surface area contributed by atoms with Crippen LogP contribution in [-0.4, -0.2) is 37.0 Å². The van der Waals surface area contributed by atoms with Crippen LogP contribution in [0.25, 0.3) is 5.95 Å². The molecule has 0 aliphatic carbocycles. The molecule has 7 nitrogen and oxygen atoms in total. The van der Waals surface area contributed by atoms with E-state index in [1.165, 1.54) is 21.9 Å². The van der Waals surface area contributed by atoms with Gasteiger partial charge in [0, 0.05) is 26.5 Å². The van der Waals surface area contributed by atoms with E-state index in [1.807, 2.05) is 0 Å². The first kappa shape index (κ1) is 16.7. The maximum Gasteiger partial charge on any atom is 0.434 e. The van der Waals surface area contributed by atoms with Gasteiger partial charge in [0.2, 0.25) is 5.95 Å². The minimum Gasteiger partial charge on any atom is -0.309 e. The fourth-order valence-electron chi connectivity index (χ4n) is 2.26. The van der Waals surface area contributed by atoms with E-state index in [1.54, 1.807) is 32.4 Å². The van der Waals surface area contributed by atoms with E-state index in [-0.39, 0.29) is 17.5 Å². The first-order chi connectivity index (χ1) is 11.8. The van der Waals surface area contributed by atoms with E-state index >= 15 is 0 Å². The Morgan fingerprint density at radius 2 is 2.00 bits per heavy atom. The van der Waals surface area contributed by atoms with Crippen LogP contribution in [0, 0.1) is 0 Å². The molecule has 0 atom stereocenters. The second-order valence-electron chi connectivity index (χ2n) is 5.24. The molecule has 130 valence electrons. The van der Waals surface area contributed by atoms with Crippen molar-refractivity contribution in [3.05, 3.63) is 54.6 Å². The predicted octanol–water partition coefficient (Wildman–Crippen LogP) is 2.30. The van der Waals surface area contributed by atoms with Gasteiger partial charge in [-0.3, -0.25) is 14.3 Å². The zero-order chi connectivity index (χ0) is 18.2. The van der Waals surface area contributed by atoms with Crippen molar-refractivity contribution < 1.29 is 18.0 Å². The molecule has 0 radical (unpaired) electrons. The molecule has 25 heavy (non-hydrogen) atoms. The van der Waals surface area contributed by atoms with Crippen molar-refractivity contribution in [2.24, 2.45) is 7.05 Å². The smallest absolute Gasteiger partial charge is 0.309 e. The molecule has 1 amide bonds. The second kappa shape index (κ2) is 6.04. The minimum absolute atomic E-state index is 0.144.